The molecule has 2 N–H and O–H groups in total. The smallest absolute Gasteiger partial charge is 0.282 e. The first-order valence-electron chi connectivity index (χ1n) is 11.2. The van der Waals surface area contributed by atoms with E-state index in [1.807, 2.05) is 30.3 Å². The quantitative estimate of drug-likeness (QED) is 0.342. The van der Waals surface area contributed by atoms with Crippen LogP contribution >= 0.6 is 0 Å². The van der Waals surface area contributed by atoms with Crippen LogP contribution in [0.2, 0.25) is 0 Å². The summed E-state index contributed by atoms with van der Waals surface area (Å²) < 4.78 is 11.3. The van der Waals surface area contributed by atoms with Gasteiger partial charge in [0.2, 0.25) is 0 Å². The fraction of sp³-hybridized carbons (Fsp3) is 0.269. The predicted octanol–water partition coefficient (Wildman–Crippen LogP) is 5.04. The summed E-state index contributed by atoms with van der Waals surface area (Å²) in [5.41, 5.74) is 1.67. The van der Waals surface area contributed by atoms with Gasteiger partial charge in [-0.1, -0.05) is 36.4 Å². The number of rotatable bonds is 9. The molecular weight excluding hydrogens is 434 g/mol. The lowest BCUT2D eigenvalue weighted by molar-refractivity contribution is -0.385. The molecule has 8 nitrogen and oxygen atoms in total. The van der Waals surface area contributed by atoms with Crippen LogP contribution in [0.15, 0.2) is 66.7 Å². The van der Waals surface area contributed by atoms with Crippen LogP contribution in [0.25, 0.3) is 11.1 Å². The topological polar surface area (TPSA) is 103 Å². The number of ether oxygens (including phenoxy) is 2. The van der Waals surface area contributed by atoms with Crippen molar-refractivity contribution in [2.45, 2.75) is 25.3 Å². The Balaban J connectivity index is 1.47. The molecule has 34 heavy (non-hydrogen) atoms. The number of nitro groups is 1. The molecule has 176 valence electrons. The number of methoxy groups -OCH3 is 1. The van der Waals surface area contributed by atoms with Crippen molar-refractivity contribution in [3.05, 3.63) is 82.4 Å². The average molecular weight is 462 g/mol. The Morgan fingerprint density at radius 3 is 2.62 bits per heavy atom. The lowest BCUT2D eigenvalue weighted by atomic mass is 10.0. The van der Waals surface area contributed by atoms with Gasteiger partial charge in [0.1, 0.15) is 5.56 Å². The molecule has 8 heteroatoms. The van der Waals surface area contributed by atoms with Crippen LogP contribution in [0.3, 0.4) is 0 Å². The van der Waals surface area contributed by atoms with Crippen LogP contribution in [-0.2, 0) is 0 Å². The van der Waals surface area contributed by atoms with E-state index in [2.05, 4.69) is 10.6 Å². The SMILES string of the molecule is COc1cc(NC(=O)c2ccc(-c3ccccc3)cc2[N+](=O)[O-])ccc1OCCC1CCCN1. The van der Waals surface area contributed by atoms with E-state index in [0.717, 1.165) is 24.9 Å². The van der Waals surface area contributed by atoms with Gasteiger partial charge in [0, 0.05) is 23.9 Å². The van der Waals surface area contributed by atoms with Gasteiger partial charge in [-0.25, -0.2) is 0 Å². The largest absolute Gasteiger partial charge is 0.493 e. The zero-order valence-electron chi connectivity index (χ0n) is 19.0. The third-order valence-corrected chi connectivity index (χ3v) is 5.85. The van der Waals surface area contributed by atoms with Gasteiger partial charge in [-0.3, -0.25) is 14.9 Å². The van der Waals surface area contributed by atoms with E-state index in [1.165, 1.54) is 25.7 Å². The van der Waals surface area contributed by atoms with Crippen molar-refractivity contribution >= 4 is 17.3 Å². The maximum absolute atomic E-state index is 12.9. The van der Waals surface area contributed by atoms with E-state index < -0.39 is 10.8 Å². The molecule has 3 aromatic carbocycles. The Kier molecular flexibility index (Phi) is 7.39. The monoisotopic (exact) mass is 461 g/mol. The number of hydrogen-bond donors (Lipinski definition) is 2. The van der Waals surface area contributed by atoms with Crippen LogP contribution in [-0.4, -0.2) is 37.1 Å². The Hall–Kier alpha value is -3.91. The van der Waals surface area contributed by atoms with Crippen molar-refractivity contribution in [1.29, 1.82) is 0 Å². The molecule has 0 saturated carbocycles. The highest BCUT2D eigenvalue weighted by Crippen LogP contribution is 2.32. The summed E-state index contributed by atoms with van der Waals surface area (Å²) in [4.78, 5) is 24.0. The van der Waals surface area contributed by atoms with Gasteiger partial charge < -0.3 is 20.1 Å². The standard InChI is InChI=1S/C26H27N3O5/c1-33-25-17-21(10-12-24(25)34-15-13-20-8-5-14-27-20)28-26(30)22-11-9-19(16-23(22)29(31)32)18-6-3-2-4-7-18/h2-4,6-7,9-12,16-17,20,27H,5,8,13-15H2,1H3,(H,28,30). The van der Waals surface area contributed by atoms with Gasteiger partial charge in [-0.2, -0.15) is 0 Å². The van der Waals surface area contributed by atoms with E-state index >= 15 is 0 Å². The van der Waals surface area contributed by atoms with Gasteiger partial charge >= 0.3 is 0 Å². The van der Waals surface area contributed by atoms with Crippen molar-refractivity contribution in [1.82, 2.24) is 5.32 Å². The number of nitro benzene ring substituents is 1. The second kappa shape index (κ2) is 10.8. The van der Waals surface area contributed by atoms with Crippen molar-refractivity contribution in [3.63, 3.8) is 0 Å². The number of benzene rings is 3. The molecule has 1 atom stereocenters. The van der Waals surface area contributed by atoms with Crippen LogP contribution < -0.4 is 20.1 Å². The van der Waals surface area contributed by atoms with E-state index in [-0.39, 0.29) is 11.3 Å². The first-order chi connectivity index (χ1) is 16.5. The van der Waals surface area contributed by atoms with Crippen molar-refractivity contribution in [2.75, 3.05) is 25.6 Å². The molecule has 1 saturated heterocycles. The number of nitrogens with zero attached hydrogens (tertiary/aromatic N) is 1. The zero-order chi connectivity index (χ0) is 23.9. The number of anilines is 1. The molecule has 1 aliphatic heterocycles. The lowest BCUT2D eigenvalue weighted by Gasteiger charge is -2.15. The molecule has 0 bridgehead atoms. The highest BCUT2D eigenvalue weighted by molar-refractivity contribution is 6.07. The van der Waals surface area contributed by atoms with Crippen molar-refractivity contribution in [2.24, 2.45) is 0 Å². The molecule has 1 aliphatic rings. The number of carbonyl (C=O) groups is 1. The average Bonchev–Trinajstić information content (AvgIpc) is 3.38. The summed E-state index contributed by atoms with van der Waals surface area (Å²) in [7, 11) is 1.53. The van der Waals surface area contributed by atoms with E-state index in [0.29, 0.717) is 35.4 Å². The van der Waals surface area contributed by atoms with Gasteiger partial charge in [0.15, 0.2) is 11.5 Å². The molecule has 1 heterocycles. The Morgan fingerprint density at radius 2 is 1.91 bits per heavy atom. The number of hydrogen-bond acceptors (Lipinski definition) is 6. The number of carbonyl (C=O) groups excluding carboxylic acids is 1. The summed E-state index contributed by atoms with van der Waals surface area (Å²) in [5, 5.41) is 17.9. The second-order valence-corrected chi connectivity index (χ2v) is 8.11. The van der Waals surface area contributed by atoms with Crippen LogP contribution in [0.5, 0.6) is 11.5 Å². The van der Waals surface area contributed by atoms with Gasteiger partial charge in [0.25, 0.3) is 11.6 Å². The summed E-state index contributed by atoms with van der Waals surface area (Å²) in [6.45, 7) is 1.61. The summed E-state index contributed by atoms with van der Waals surface area (Å²) in [6, 6.07) is 19.4. The number of amides is 1. The molecular formula is C26H27N3O5. The first kappa shape index (κ1) is 23.3. The van der Waals surface area contributed by atoms with Gasteiger partial charge in [0.05, 0.1) is 18.6 Å². The minimum atomic E-state index is -0.575. The van der Waals surface area contributed by atoms with Crippen LogP contribution in [0, 0.1) is 10.1 Å². The Bertz CT molecular complexity index is 1160. The fourth-order valence-corrected chi connectivity index (χ4v) is 4.06. The van der Waals surface area contributed by atoms with Gasteiger partial charge in [-0.15, -0.1) is 0 Å². The minimum Gasteiger partial charge on any atom is -0.493 e. The maximum atomic E-state index is 12.9. The van der Waals surface area contributed by atoms with Crippen molar-refractivity contribution < 1.29 is 19.2 Å². The van der Waals surface area contributed by atoms with E-state index in [4.69, 9.17) is 9.47 Å². The summed E-state index contributed by atoms with van der Waals surface area (Å²) >= 11 is 0. The van der Waals surface area contributed by atoms with Crippen LogP contribution in [0.1, 0.15) is 29.6 Å². The maximum Gasteiger partial charge on any atom is 0.282 e. The number of nitrogens with one attached hydrogen (secondary N) is 2. The molecule has 0 spiro atoms. The molecule has 1 amide bonds. The Morgan fingerprint density at radius 1 is 1.09 bits per heavy atom. The molecule has 1 unspecified atom stereocenters. The van der Waals surface area contributed by atoms with Gasteiger partial charge in [-0.05, 0) is 55.1 Å². The summed E-state index contributed by atoms with van der Waals surface area (Å²) in [6.07, 6.45) is 3.25. The minimum absolute atomic E-state index is 0.0203. The molecule has 0 aliphatic carbocycles. The predicted molar refractivity (Wildman–Crippen MR) is 131 cm³/mol. The third-order valence-electron chi connectivity index (χ3n) is 5.85. The Labute approximate surface area is 198 Å². The molecule has 0 radical (unpaired) electrons. The van der Waals surface area contributed by atoms with E-state index in [9.17, 15) is 14.9 Å². The molecule has 1 fully saturated rings. The first-order valence-corrected chi connectivity index (χ1v) is 11.2. The van der Waals surface area contributed by atoms with E-state index in [1.54, 1.807) is 24.3 Å². The third kappa shape index (κ3) is 5.52. The molecule has 4 rings (SSSR count). The molecule has 3 aromatic rings. The normalized spacial score (nSPS) is 15.0. The molecule has 0 aromatic heterocycles. The fourth-order valence-electron chi connectivity index (χ4n) is 4.06. The zero-order valence-corrected chi connectivity index (χ0v) is 19.0. The highest BCUT2D eigenvalue weighted by atomic mass is 16.6. The van der Waals surface area contributed by atoms with Crippen LogP contribution in [0.4, 0.5) is 11.4 Å². The second-order valence-electron chi connectivity index (χ2n) is 8.11. The summed E-state index contributed by atoms with van der Waals surface area (Å²) in [5.74, 6) is 0.483. The lowest BCUT2D eigenvalue weighted by Crippen LogP contribution is -2.23. The highest BCUT2D eigenvalue weighted by Gasteiger charge is 2.22. The van der Waals surface area contributed by atoms with Crippen molar-refractivity contribution in [3.8, 4) is 22.6 Å².